The lowest BCUT2D eigenvalue weighted by molar-refractivity contribution is -0.245. The van der Waals surface area contributed by atoms with Crippen molar-refractivity contribution in [3.8, 4) is 0 Å². The highest BCUT2D eigenvalue weighted by molar-refractivity contribution is 7.15. The van der Waals surface area contributed by atoms with Crippen LogP contribution in [0.3, 0.4) is 0 Å². The normalized spacial score (nSPS) is 49.9. The van der Waals surface area contributed by atoms with Crippen molar-refractivity contribution in [2.75, 3.05) is 18.5 Å². The quantitative estimate of drug-likeness (QED) is 0.835. The van der Waals surface area contributed by atoms with Crippen LogP contribution >= 0.6 is 11.3 Å². The van der Waals surface area contributed by atoms with E-state index in [1.54, 1.807) is 11.3 Å². The van der Waals surface area contributed by atoms with E-state index in [-0.39, 0.29) is 23.2 Å². The SMILES string of the molecule is O=C1C2C3CC4C2C2(C(=O)Nc5nc6c(s5)CC5(CCOCC5)CC6)C1C3C42. The van der Waals surface area contributed by atoms with Crippen LogP contribution in [0, 0.1) is 52.3 Å². The number of carbonyl (C=O) groups is 2. The Morgan fingerprint density at radius 1 is 1.18 bits per heavy atom. The second kappa shape index (κ2) is 4.56. The number of rotatable bonds is 2. The molecule has 5 nitrogen and oxygen atoms in total. The number of fused-ring (bicyclic) bond motifs is 1. The van der Waals surface area contributed by atoms with Gasteiger partial charge in [0.2, 0.25) is 5.91 Å². The van der Waals surface area contributed by atoms with Crippen LogP contribution in [0.15, 0.2) is 0 Å². The molecule has 1 aromatic rings. The third-order valence-electron chi connectivity index (χ3n) is 10.2. The van der Waals surface area contributed by atoms with Crippen LogP contribution in [0.4, 0.5) is 5.13 Å². The van der Waals surface area contributed by atoms with Gasteiger partial charge in [0, 0.05) is 29.9 Å². The highest BCUT2D eigenvalue weighted by atomic mass is 32.1. The van der Waals surface area contributed by atoms with Crippen LogP contribution in [0.2, 0.25) is 0 Å². The first kappa shape index (κ1) is 15.6. The largest absolute Gasteiger partial charge is 0.381 e. The minimum atomic E-state index is -0.335. The number of Topliss-reactive ketones (excluding diaryl/α,β-unsaturated/α-hetero) is 1. The average Bonchev–Trinajstić information content (AvgIpc) is 3.33. The van der Waals surface area contributed by atoms with Crippen molar-refractivity contribution in [2.45, 2.75) is 38.5 Å². The fourth-order valence-corrected chi connectivity index (χ4v) is 10.6. The lowest BCUT2D eigenvalue weighted by atomic mass is 9.31. The van der Waals surface area contributed by atoms with Gasteiger partial charge in [-0.3, -0.25) is 9.59 Å². The third-order valence-corrected chi connectivity index (χ3v) is 11.2. The maximum absolute atomic E-state index is 13.4. The highest BCUT2D eigenvalue weighted by Crippen LogP contribution is 2.92. The lowest BCUT2D eigenvalue weighted by Gasteiger charge is -2.70. The zero-order valence-electron chi connectivity index (χ0n) is 15.8. The lowest BCUT2D eigenvalue weighted by Crippen LogP contribution is -2.74. The van der Waals surface area contributed by atoms with E-state index >= 15 is 0 Å². The number of aromatic nitrogens is 1. The fourth-order valence-electron chi connectivity index (χ4n) is 9.44. The van der Waals surface area contributed by atoms with Crippen LogP contribution in [-0.4, -0.2) is 29.9 Å². The topological polar surface area (TPSA) is 68.3 Å². The van der Waals surface area contributed by atoms with Crippen molar-refractivity contribution in [2.24, 2.45) is 52.3 Å². The Hall–Kier alpha value is -1.27. The molecule has 28 heavy (non-hydrogen) atoms. The van der Waals surface area contributed by atoms with Gasteiger partial charge in [0.1, 0.15) is 5.78 Å². The van der Waals surface area contributed by atoms with Crippen molar-refractivity contribution in [1.82, 2.24) is 4.98 Å². The number of nitrogens with one attached hydrogen (secondary N) is 1. The fraction of sp³-hybridized carbons (Fsp3) is 0.773. The van der Waals surface area contributed by atoms with Gasteiger partial charge < -0.3 is 10.1 Å². The van der Waals surface area contributed by atoms with Crippen molar-refractivity contribution in [3.05, 3.63) is 10.6 Å². The van der Waals surface area contributed by atoms with Gasteiger partial charge in [-0.25, -0.2) is 4.98 Å². The Kier molecular flexibility index (Phi) is 2.53. The van der Waals surface area contributed by atoms with Crippen molar-refractivity contribution in [1.29, 1.82) is 0 Å². The molecule has 8 atom stereocenters. The number of carbonyl (C=O) groups excluding carboxylic acids is 2. The van der Waals surface area contributed by atoms with E-state index < -0.39 is 0 Å². The van der Waals surface area contributed by atoms with E-state index in [2.05, 4.69) is 5.32 Å². The van der Waals surface area contributed by atoms with E-state index in [0.717, 1.165) is 44.0 Å². The third kappa shape index (κ3) is 1.40. The standard InChI is InChI=1S/C22H24N2O3S/c25-18-14-9-7-10-15-13(9)17(18)22(15,16(10)14)19(26)24-20-23-11-1-2-21(8-12(11)28-20)3-5-27-6-4-21/h9-10,13-17H,1-8H2,(H,23,24,26). The molecule has 0 aromatic carbocycles. The molecule has 1 aromatic heterocycles. The summed E-state index contributed by atoms with van der Waals surface area (Å²) in [6, 6.07) is 0. The van der Waals surface area contributed by atoms with Gasteiger partial charge in [-0.2, -0.15) is 0 Å². The molecule has 7 fully saturated rings. The zero-order chi connectivity index (χ0) is 18.4. The van der Waals surface area contributed by atoms with E-state index in [1.807, 2.05) is 0 Å². The van der Waals surface area contributed by atoms with Gasteiger partial charge >= 0.3 is 0 Å². The summed E-state index contributed by atoms with van der Waals surface area (Å²) in [4.78, 5) is 32.4. The van der Waals surface area contributed by atoms with Gasteiger partial charge in [-0.15, -0.1) is 11.3 Å². The molecule has 6 heteroatoms. The number of anilines is 1. The molecule has 1 N–H and O–H groups in total. The minimum Gasteiger partial charge on any atom is -0.381 e. The van der Waals surface area contributed by atoms with Crippen molar-refractivity contribution < 1.29 is 14.3 Å². The maximum Gasteiger partial charge on any atom is 0.233 e. The van der Waals surface area contributed by atoms with Crippen LogP contribution in [0.25, 0.3) is 0 Å². The van der Waals surface area contributed by atoms with E-state index in [1.165, 1.54) is 23.4 Å². The molecule has 8 unspecified atom stereocenters. The van der Waals surface area contributed by atoms with Crippen molar-refractivity contribution in [3.63, 3.8) is 0 Å². The summed E-state index contributed by atoms with van der Waals surface area (Å²) in [6.45, 7) is 1.76. The Morgan fingerprint density at radius 3 is 2.86 bits per heavy atom. The first-order chi connectivity index (χ1) is 13.6. The van der Waals surface area contributed by atoms with Crippen LogP contribution in [-0.2, 0) is 27.2 Å². The monoisotopic (exact) mass is 396 g/mol. The highest BCUT2D eigenvalue weighted by Gasteiger charge is 2.96. The molecule has 6 saturated carbocycles. The number of ketones is 1. The summed E-state index contributed by atoms with van der Waals surface area (Å²) in [6.07, 6.45) is 6.82. The van der Waals surface area contributed by atoms with Crippen LogP contribution in [0.1, 0.15) is 36.3 Å². The number of hydrogen-bond acceptors (Lipinski definition) is 5. The Labute approximate surface area is 167 Å². The van der Waals surface area contributed by atoms with E-state index in [4.69, 9.17) is 9.72 Å². The van der Waals surface area contributed by atoms with Gasteiger partial charge in [0.05, 0.1) is 11.1 Å². The first-order valence-electron chi connectivity index (χ1n) is 11.1. The summed E-state index contributed by atoms with van der Waals surface area (Å²) in [7, 11) is 0. The second-order valence-corrected chi connectivity index (χ2v) is 11.7. The predicted molar refractivity (Wildman–Crippen MR) is 102 cm³/mol. The molecule has 1 amide bonds. The molecule has 9 rings (SSSR count). The summed E-state index contributed by atoms with van der Waals surface area (Å²) >= 11 is 1.69. The molecule has 146 valence electrons. The van der Waals surface area contributed by atoms with Crippen LogP contribution < -0.4 is 5.32 Å². The minimum absolute atomic E-state index is 0.0522. The first-order valence-corrected chi connectivity index (χ1v) is 11.9. The number of aryl methyl sites for hydroxylation is 1. The smallest absolute Gasteiger partial charge is 0.233 e. The molecule has 4 bridgehead atoms. The summed E-state index contributed by atoms with van der Waals surface area (Å²) in [5.74, 6) is 3.58. The number of nitrogens with zero attached hydrogens (tertiary/aromatic N) is 1. The zero-order valence-corrected chi connectivity index (χ0v) is 16.6. The van der Waals surface area contributed by atoms with Gasteiger partial charge in [0.25, 0.3) is 0 Å². The van der Waals surface area contributed by atoms with Gasteiger partial charge in [-0.05, 0) is 73.5 Å². The number of hydrogen-bond donors (Lipinski definition) is 1. The molecule has 1 spiro atoms. The van der Waals surface area contributed by atoms with Crippen LogP contribution in [0.5, 0.6) is 0 Å². The molecule has 0 radical (unpaired) electrons. The number of amides is 1. The molecule has 8 aliphatic rings. The molecule has 1 saturated heterocycles. The van der Waals surface area contributed by atoms with Crippen molar-refractivity contribution >= 4 is 28.2 Å². The molecule has 1 aliphatic heterocycles. The second-order valence-electron chi connectivity index (χ2n) is 10.7. The number of ether oxygens (including phenoxy) is 1. The molecular weight excluding hydrogens is 372 g/mol. The molecule has 2 heterocycles. The Balaban J connectivity index is 1.07. The summed E-state index contributed by atoms with van der Waals surface area (Å²) < 4.78 is 5.58. The van der Waals surface area contributed by atoms with Gasteiger partial charge in [0.15, 0.2) is 5.13 Å². The number of thiazole rings is 1. The Morgan fingerprint density at radius 2 is 2.04 bits per heavy atom. The van der Waals surface area contributed by atoms with Gasteiger partial charge in [-0.1, -0.05) is 0 Å². The average molecular weight is 397 g/mol. The molecular formula is C22H24N2O3S. The van der Waals surface area contributed by atoms with E-state index in [9.17, 15) is 9.59 Å². The van der Waals surface area contributed by atoms with E-state index in [0.29, 0.717) is 40.8 Å². The summed E-state index contributed by atoms with van der Waals surface area (Å²) in [5.41, 5.74) is 1.24. The summed E-state index contributed by atoms with van der Waals surface area (Å²) in [5, 5.41) is 3.98. The molecule has 7 aliphatic carbocycles. The maximum atomic E-state index is 13.4. The predicted octanol–water partition coefficient (Wildman–Crippen LogP) is 2.69. The Bertz CT molecular complexity index is 965.